The van der Waals surface area contributed by atoms with Crippen LogP contribution >= 0.6 is 0 Å². The number of fused-ring (bicyclic) bond motifs is 1. The molecule has 0 amide bonds. The van der Waals surface area contributed by atoms with E-state index < -0.39 is 5.97 Å². The second-order valence-corrected chi connectivity index (χ2v) is 2.89. The van der Waals surface area contributed by atoms with E-state index in [2.05, 4.69) is 9.98 Å². The molecule has 1 heterocycles. The maximum absolute atomic E-state index is 10.7. The average molecular weight is 188 g/mol. The summed E-state index contributed by atoms with van der Waals surface area (Å²) in [5.74, 6) is -0.967. The van der Waals surface area contributed by atoms with Crippen molar-refractivity contribution >= 4 is 5.97 Å². The minimum Gasteiger partial charge on any atom is -0.478 e. The summed E-state index contributed by atoms with van der Waals surface area (Å²) in [4.78, 5) is 18.9. The van der Waals surface area contributed by atoms with Gasteiger partial charge in [-0.1, -0.05) is 12.1 Å². The van der Waals surface area contributed by atoms with Crippen LogP contribution in [0.3, 0.4) is 0 Å². The Morgan fingerprint density at radius 3 is 2.71 bits per heavy atom. The minimum atomic E-state index is -0.967. The third kappa shape index (κ3) is 1.54. The summed E-state index contributed by atoms with van der Waals surface area (Å²) in [5, 5.41) is 10.2. The van der Waals surface area contributed by atoms with Crippen LogP contribution in [0, 0.1) is 0 Å². The number of hydrogen-bond acceptors (Lipinski definition) is 3. The molecule has 1 aliphatic heterocycles. The van der Waals surface area contributed by atoms with Gasteiger partial charge in [0.05, 0.1) is 22.8 Å². The van der Waals surface area contributed by atoms with Crippen LogP contribution in [0.2, 0.25) is 0 Å². The summed E-state index contributed by atoms with van der Waals surface area (Å²) in [5.41, 5.74) is 0.209. The lowest BCUT2D eigenvalue weighted by Crippen LogP contribution is -2.23. The molecule has 0 atom stereocenters. The Morgan fingerprint density at radius 2 is 2.00 bits per heavy atom. The highest BCUT2D eigenvalue weighted by atomic mass is 16.4. The summed E-state index contributed by atoms with van der Waals surface area (Å²) in [6, 6.07) is 7.32. The maximum Gasteiger partial charge on any atom is 0.335 e. The summed E-state index contributed by atoms with van der Waals surface area (Å²) in [6.45, 7) is 0.176. The average Bonchev–Trinajstić information content (AvgIpc) is 2.39. The molecule has 0 aromatic heterocycles. The molecule has 0 bridgehead atoms. The van der Waals surface area contributed by atoms with Crippen molar-refractivity contribution in [2.24, 2.45) is 9.98 Å². The van der Waals surface area contributed by atoms with Crippen LogP contribution in [0.4, 0.5) is 0 Å². The van der Waals surface area contributed by atoms with Gasteiger partial charge in [0.1, 0.15) is 0 Å². The third-order valence-corrected chi connectivity index (χ3v) is 1.94. The molecule has 0 radical (unpaired) electrons. The quantitative estimate of drug-likeness (QED) is 0.669. The predicted octanol–water partition coefficient (Wildman–Crippen LogP) is -0.0921. The molecule has 0 spiro atoms. The second-order valence-electron chi connectivity index (χ2n) is 2.89. The van der Waals surface area contributed by atoms with Gasteiger partial charge in [0.25, 0.3) is 0 Å². The lowest BCUT2D eigenvalue weighted by molar-refractivity contribution is -0.132. The molecule has 0 saturated carbocycles. The zero-order valence-corrected chi connectivity index (χ0v) is 7.34. The Hall–Kier alpha value is -1.97. The zero-order chi connectivity index (χ0) is 9.97. The monoisotopic (exact) mass is 188 g/mol. The van der Waals surface area contributed by atoms with Crippen LogP contribution < -0.4 is 10.7 Å². The Kier molecular flexibility index (Phi) is 2.10. The Bertz CT molecular complexity index is 517. The molecule has 0 unspecified atom stereocenters. The first-order valence-corrected chi connectivity index (χ1v) is 4.17. The van der Waals surface area contributed by atoms with Gasteiger partial charge in [0.15, 0.2) is 0 Å². The van der Waals surface area contributed by atoms with Gasteiger partial charge in [-0.25, -0.2) is 4.79 Å². The predicted molar refractivity (Wildman–Crippen MR) is 49.3 cm³/mol. The van der Waals surface area contributed by atoms with Gasteiger partial charge in [-0.2, -0.15) is 0 Å². The number of rotatable bonds is 1. The standard InChI is InChI=1S/C10H8N2O2/c13-10(14)7-5-11-8-3-1-2-4-9(8)12-6-7/h1-5H,6H2,(H,13,14). The van der Waals surface area contributed by atoms with Gasteiger partial charge >= 0.3 is 5.97 Å². The van der Waals surface area contributed by atoms with Crippen LogP contribution in [-0.4, -0.2) is 17.6 Å². The van der Waals surface area contributed by atoms with Crippen molar-refractivity contribution < 1.29 is 9.90 Å². The van der Waals surface area contributed by atoms with Gasteiger partial charge in [-0.05, 0) is 12.1 Å². The molecule has 1 aromatic carbocycles. The Balaban J connectivity index is 2.57. The first-order valence-electron chi connectivity index (χ1n) is 4.17. The van der Waals surface area contributed by atoms with E-state index in [1.54, 1.807) is 6.07 Å². The number of carboxylic acids is 1. The summed E-state index contributed by atoms with van der Waals surface area (Å²) >= 11 is 0. The van der Waals surface area contributed by atoms with Gasteiger partial charge in [-0.15, -0.1) is 0 Å². The van der Waals surface area contributed by atoms with Crippen LogP contribution in [0.1, 0.15) is 0 Å². The summed E-state index contributed by atoms with van der Waals surface area (Å²) in [6.07, 6.45) is 1.36. The lowest BCUT2D eigenvalue weighted by atomic mass is 10.3. The van der Waals surface area contributed by atoms with Gasteiger partial charge in [0.2, 0.25) is 0 Å². The highest BCUT2D eigenvalue weighted by molar-refractivity contribution is 5.87. The molecule has 1 aromatic rings. The zero-order valence-electron chi connectivity index (χ0n) is 7.34. The van der Waals surface area contributed by atoms with E-state index >= 15 is 0 Å². The molecule has 14 heavy (non-hydrogen) atoms. The van der Waals surface area contributed by atoms with E-state index in [4.69, 9.17) is 5.11 Å². The van der Waals surface area contributed by atoms with Gasteiger partial charge in [0, 0.05) is 6.20 Å². The van der Waals surface area contributed by atoms with E-state index in [0.717, 1.165) is 5.36 Å². The van der Waals surface area contributed by atoms with E-state index in [1.807, 2.05) is 18.2 Å². The first kappa shape index (κ1) is 8.62. The largest absolute Gasteiger partial charge is 0.478 e. The number of carboxylic acid groups (broad SMARTS) is 1. The van der Waals surface area contributed by atoms with Crippen molar-refractivity contribution in [2.45, 2.75) is 0 Å². The molecule has 70 valence electrons. The van der Waals surface area contributed by atoms with Crippen LogP contribution in [0.15, 0.2) is 46.0 Å². The van der Waals surface area contributed by atoms with Crippen molar-refractivity contribution in [2.75, 3.05) is 6.54 Å². The van der Waals surface area contributed by atoms with E-state index in [9.17, 15) is 4.79 Å². The molecule has 1 N–H and O–H groups in total. The Morgan fingerprint density at radius 1 is 1.29 bits per heavy atom. The topological polar surface area (TPSA) is 62.0 Å². The van der Waals surface area contributed by atoms with E-state index in [-0.39, 0.29) is 12.1 Å². The van der Waals surface area contributed by atoms with Gasteiger partial charge < -0.3 is 5.11 Å². The first-order chi connectivity index (χ1) is 6.77. The second kappa shape index (κ2) is 3.41. The van der Waals surface area contributed by atoms with Crippen molar-refractivity contribution in [3.8, 4) is 0 Å². The van der Waals surface area contributed by atoms with E-state index in [1.165, 1.54) is 6.20 Å². The summed E-state index contributed by atoms with van der Waals surface area (Å²) in [7, 11) is 0. The third-order valence-electron chi connectivity index (χ3n) is 1.94. The SMILES string of the molecule is O=C(O)C1=CN=c2ccccc2=NC1. The number of hydrogen-bond donors (Lipinski definition) is 1. The molecule has 0 aliphatic carbocycles. The van der Waals surface area contributed by atoms with Crippen molar-refractivity contribution in [1.29, 1.82) is 0 Å². The normalized spacial score (nSPS) is 14.1. The lowest BCUT2D eigenvalue weighted by Gasteiger charge is -1.91. The number of benzene rings is 1. The van der Waals surface area contributed by atoms with Crippen molar-refractivity contribution in [3.63, 3.8) is 0 Å². The fourth-order valence-electron chi connectivity index (χ4n) is 1.19. The highest BCUT2D eigenvalue weighted by Crippen LogP contribution is 1.96. The van der Waals surface area contributed by atoms with Crippen molar-refractivity contribution in [1.82, 2.24) is 0 Å². The minimum absolute atomic E-state index is 0.176. The molecule has 0 saturated heterocycles. The molecule has 1 aliphatic rings. The smallest absolute Gasteiger partial charge is 0.335 e. The van der Waals surface area contributed by atoms with E-state index in [0.29, 0.717) is 5.36 Å². The fourth-order valence-corrected chi connectivity index (χ4v) is 1.19. The molecule has 0 fully saturated rings. The van der Waals surface area contributed by atoms with Crippen LogP contribution in [0.5, 0.6) is 0 Å². The van der Waals surface area contributed by atoms with Gasteiger partial charge in [-0.3, -0.25) is 9.98 Å². The molecule has 4 nitrogen and oxygen atoms in total. The number of para-hydroxylation sites is 2. The summed E-state index contributed by atoms with van der Waals surface area (Å²) < 4.78 is 0. The number of aliphatic carboxylic acids is 1. The van der Waals surface area contributed by atoms with Crippen molar-refractivity contribution in [3.05, 3.63) is 46.8 Å². The molecular formula is C10H8N2O2. The number of carbonyl (C=O) groups is 1. The maximum atomic E-state index is 10.7. The van der Waals surface area contributed by atoms with Crippen LogP contribution in [0.25, 0.3) is 0 Å². The molecule has 2 rings (SSSR count). The number of nitrogens with zero attached hydrogens (tertiary/aromatic N) is 2. The fraction of sp³-hybridized carbons (Fsp3) is 0.100. The van der Waals surface area contributed by atoms with Crippen LogP contribution in [-0.2, 0) is 4.79 Å². The highest BCUT2D eigenvalue weighted by Gasteiger charge is 2.06. The molecule has 4 heteroatoms. The Labute approximate surface area is 79.9 Å². The molecular weight excluding hydrogens is 180 g/mol.